The van der Waals surface area contributed by atoms with Gasteiger partial charge in [0.1, 0.15) is 5.52 Å². The molecule has 0 amide bonds. The van der Waals surface area contributed by atoms with Crippen molar-refractivity contribution in [1.29, 1.82) is 0 Å². The molecule has 1 unspecified atom stereocenters. The number of hydrogen-bond acceptors (Lipinski definition) is 9. The Labute approximate surface area is 189 Å². The topological polar surface area (TPSA) is 99.7 Å². The molecule has 0 saturated carbocycles. The maximum atomic E-state index is 15.1. The van der Waals surface area contributed by atoms with E-state index in [1.165, 1.54) is 20.3 Å². The molecule has 1 saturated heterocycles. The van der Waals surface area contributed by atoms with E-state index in [1.54, 1.807) is 13.3 Å². The number of halogens is 2. The first kappa shape index (κ1) is 22.9. The van der Waals surface area contributed by atoms with E-state index in [1.807, 2.05) is 0 Å². The number of pyridine rings is 1. The van der Waals surface area contributed by atoms with Gasteiger partial charge in [-0.2, -0.15) is 0 Å². The fourth-order valence-corrected chi connectivity index (χ4v) is 3.57. The Balaban J connectivity index is 1.83. The number of rotatable bonds is 9. The van der Waals surface area contributed by atoms with Crippen molar-refractivity contribution in [3.8, 4) is 22.8 Å². The summed E-state index contributed by atoms with van der Waals surface area (Å²) in [6.07, 6.45) is 2.44. The Kier molecular flexibility index (Phi) is 6.99. The maximum Gasteiger partial charge on any atom is 0.223 e. The first-order valence-electron chi connectivity index (χ1n) is 10.4. The van der Waals surface area contributed by atoms with E-state index < -0.39 is 11.6 Å². The minimum Gasteiger partial charge on any atom is -0.494 e. The van der Waals surface area contributed by atoms with E-state index in [-0.39, 0.29) is 28.8 Å². The van der Waals surface area contributed by atoms with E-state index in [9.17, 15) is 0 Å². The second-order valence-corrected chi connectivity index (χ2v) is 7.40. The lowest BCUT2D eigenvalue weighted by Gasteiger charge is -2.16. The third-order valence-corrected chi connectivity index (χ3v) is 5.26. The molecule has 9 nitrogen and oxygen atoms in total. The van der Waals surface area contributed by atoms with E-state index >= 15 is 8.78 Å². The normalized spacial score (nSPS) is 15.6. The highest BCUT2D eigenvalue weighted by molar-refractivity contribution is 5.92. The molecule has 0 radical (unpaired) electrons. The lowest BCUT2D eigenvalue weighted by molar-refractivity contribution is 0.195. The molecule has 1 aliphatic rings. The summed E-state index contributed by atoms with van der Waals surface area (Å²) in [4.78, 5) is 13.4. The fourth-order valence-electron chi connectivity index (χ4n) is 3.57. The molecule has 2 N–H and O–H groups in total. The molecule has 176 valence electrons. The van der Waals surface area contributed by atoms with Gasteiger partial charge in [-0.1, -0.05) is 0 Å². The highest BCUT2D eigenvalue weighted by atomic mass is 19.1. The molecule has 0 aliphatic carbocycles. The van der Waals surface area contributed by atoms with Crippen molar-refractivity contribution in [2.24, 2.45) is 0 Å². The van der Waals surface area contributed by atoms with Crippen molar-refractivity contribution >= 4 is 22.7 Å². The monoisotopic (exact) mass is 461 g/mol. The molecular weight excluding hydrogens is 436 g/mol. The van der Waals surface area contributed by atoms with Gasteiger partial charge in [-0.25, -0.2) is 23.7 Å². The van der Waals surface area contributed by atoms with E-state index in [2.05, 4.69) is 25.6 Å². The maximum absolute atomic E-state index is 15.1. The van der Waals surface area contributed by atoms with Crippen molar-refractivity contribution in [3.05, 3.63) is 30.0 Å². The Bertz CT molecular complexity index is 1110. The Hall–Kier alpha value is -3.31. The fraction of sp³-hybridized carbons (Fsp3) is 0.409. The number of methoxy groups -OCH3 is 3. The van der Waals surface area contributed by atoms with Crippen LogP contribution in [0.4, 0.5) is 20.5 Å². The second kappa shape index (κ2) is 10.1. The van der Waals surface area contributed by atoms with Crippen LogP contribution in [0, 0.1) is 11.6 Å². The molecule has 3 heterocycles. The minimum atomic E-state index is -0.883. The van der Waals surface area contributed by atoms with Gasteiger partial charge in [0, 0.05) is 37.9 Å². The smallest absolute Gasteiger partial charge is 0.223 e. The molecule has 0 spiro atoms. The van der Waals surface area contributed by atoms with E-state index in [0.29, 0.717) is 49.0 Å². The molecule has 0 bridgehead atoms. The van der Waals surface area contributed by atoms with Crippen LogP contribution in [0.1, 0.15) is 6.42 Å². The number of anilines is 2. The molecular formula is C22H25F2N5O4. The van der Waals surface area contributed by atoms with Gasteiger partial charge in [0.2, 0.25) is 5.95 Å². The predicted molar refractivity (Wildman–Crippen MR) is 119 cm³/mol. The molecule has 1 aromatic carbocycles. The number of benzene rings is 1. The summed E-state index contributed by atoms with van der Waals surface area (Å²) in [6.45, 7) is 2.07. The molecule has 4 rings (SSSR count). The van der Waals surface area contributed by atoms with Gasteiger partial charge in [-0.15, -0.1) is 0 Å². The molecule has 11 heteroatoms. The zero-order valence-electron chi connectivity index (χ0n) is 18.6. The molecule has 1 fully saturated rings. The zero-order chi connectivity index (χ0) is 23.4. The Morgan fingerprint density at radius 3 is 2.48 bits per heavy atom. The lowest BCUT2D eigenvalue weighted by atomic mass is 10.1. The quantitative estimate of drug-likeness (QED) is 0.465. The Morgan fingerprint density at radius 1 is 1.09 bits per heavy atom. The van der Waals surface area contributed by atoms with Gasteiger partial charge < -0.3 is 29.6 Å². The minimum absolute atomic E-state index is 0.0446. The summed E-state index contributed by atoms with van der Waals surface area (Å²) in [5.74, 6) is -1.32. The number of hydrogen-bond donors (Lipinski definition) is 2. The van der Waals surface area contributed by atoms with Crippen LogP contribution < -0.4 is 20.1 Å². The van der Waals surface area contributed by atoms with Crippen molar-refractivity contribution < 1.29 is 27.7 Å². The average Bonchev–Trinajstić information content (AvgIpc) is 3.33. The molecule has 2 aromatic heterocycles. The summed E-state index contributed by atoms with van der Waals surface area (Å²) < 4.78 is 50.8. The van der Waals surface area contributed by atoms with E-state index in [0.717, 1.165) is 12.5 Å². The Morgan fingerprint density at radius 2 is 1.85 bits per heavy atom. The second-order valence-electron chi connectivity index (χ2n) is 7.40. The van der Waals surface area contributed by atoms with Crippen molar-refractivity contribution in [1.82, 2.24) is 15.0 Å². The number of aromatic nitrogens is 3. The third-order valence-electron chi connectivity index (χ3n) is 5.26. The molecule has 1 aliphatic heterocycles. The van der Waals surface area contributed by atoms with Crippen LogP contribution in [0.5, 0.6) is 11.5 Å². The van der Waals surface area contributed by atoms with Gasteiger partial charge >= 0.3 is 0 Å². The van der Waals surface area contributed by atoms with Crippen LogP contribution in [0.25, 0.3) is 22.2 Å². The highest BCUT2D eigenvalue weighted by Gasteiger charge is 2.24. The summed E-state index contributed by atoms with van der Waals surface area (Å²) in [5.41, 5.74) is 0.179. The van der Waals surface area contributed by atoms with Crippen molar-refractivity contribution in [2.75, 3.05) is 58.3 Å². The van der Waals surface area contributed by atoms with Gasteiger partial charge in [0.25, 0.3) is 0 Å². The van der Waals surface area contributed by atoms with Gasteiger partial charge in [0.05, 0.1) is 44.7 Å². The van der Waals surface area contributed by atoms with Crippen LogP contribution in [0.2, 0.25) is 0 Å². The molecule has 3 aromatic rings. The summed E-state index contributed by atoms with van der Waals surface area (Å²) in [5, 5.41) is 6.92. The number of nitrogens with one attached hydrogen (secondary N) is 2. The third kappa shape index (κ3) is 4.74. The van der Waals surface area contributed by atoms with E-state index in [4.69, 9.17) is 18.9 Å². The highest BCUT2D eigenvalue weighted by Crippen LogP contribution is 2.38. The van der Waals surface area contributed by atoms with Crippen LogP contribution in [0.3, 0.4) is 0 Å². The van der Waals surface area contributed by atoms with Crippen LogP contribution in [-0.4, -0.2) is 68.7 Å². The predicted octanol–water partition coefficient (Wildman–Crippen LogP) is 3.25. The number of ether oxygens (including phenoxy) is 4. The van der Waals surface area contributed by atoms with Crippen LogP contribution in [-0.2, 0) is 9.47 Å². The van der Waals surface area contributed by atoms with Crippen LogP contribution in [0.15, 0.2) is 18.3 Å². The molecule has 33 heavy (non-hydrogen) atoms. The zero-order valence-corrected chi connectivity index (χ0v) is 18.6. The standard InChI is InChI=1S/C22H25F2N5O4/c1-30-7-5-25-21-20-12(10-26-22(29-20)27-13-4-6-33-11-13)8-14(28-21)17-18(23)15(31-2)9-16(32-3)19(17)24/h8-10,13H,4-7,11H2,1-3H3,(H,25,28)(H,26,27,29). The molecule has 1 atom stereocenters. The first-order valence-corrected chi connectivity index (χ1v) is 10.4. The number of nitrogens with zero attached hydrogens (tertiary/aromatic N) is 3. The number of fused-ring (bicyclic) bond motifs is 1. The average molecular weight is 461 g/mol. The lowest BCUT2D eigenvalue weighted by Crippen LogP contribution is -2.20. The van der Waals surface area contributed by atoms with Gasteiger partial charge in [0.15, 0.2) is 29.0 Å². The van der Waals surface area contributed by atoms with Gasteiger partial charge in [-0.3, -0.25) is 0 Å². The first-order chi connectivity index (χ1) is 16.0. The summed E-state index contributed by atoms with van der Waals surface area (Å²) in [7, 11) is 4.16. The van der Waals surface area contributed by atoms with Crippen LogP contribution >= 0.6 is 0 Å². The van der Waals surface area contributed by atoms with Gasteiger partial charge in [-0.05, 0) is 12.5 Å². The SMILES string of the molecule is COCCNc1nc(-c2c(F)c(OC)cc(OC)c2F)cc2cnc(NC3CCOC3)nc12. The van der Waals surface area contributed by atoms with Crippen molar-refractivity contribution in [2.45, 2.75) is 12.5 Å². The largest absolute Gasteiger partial charge is 0.494 e. The van der Waals surface area contributed by atoms with Crippen molar-refractivity contribution in [3.63, 3.8) is 0 Å². The summed E-state index contributed by atoms with van der Waals surface area (Å²) in [6, 6.07) is 2.80. The summed E-state index contributed by atoms with van der Waals surface area (Å²) >= 11 is 0.